The van der Waals surface area contributed by atoms with Gasteiger partial charge >= 0.3 is 0 Å². The Morgan fingerprint density at radius 1 is 1.04 bits per heavy atom. The molecule has 2 amide bonds. The average Bonchev–Trinajstić information content (AvgIpc) is 3.36. The number of carbonyl (C=O) groups excluding carboxylic acids is 2. The van der Waals surface area contributed by atoms with E-state index in [1.165, 1.54) is 18.2 Å². The lowest BCUT2D eigenvalue weighted by Gasteiger charge is -2.10. The molecule has 2 N–H and O–H groups in total. The van der Waals surface area contributed by atoms with E-state index in [1.54, 1.807) is 0 Å². The topological polar surface area (TPSA) is 58.2 Å². The monoisotopic (exact) mass is 312 g/mol. The van der Waals surface area contributed by atoms with E-state index in [1.807, 2.05) is 30.3 Å². The van der Waals surface area contributed by atoms with Gasteiger partial charge in [-0.25, -0.2) is 4.39 Å². The standard InChI is InChI=1S/C18H17FN2O2/c19-15-9-8-14(11-16(15)21-18(23)13-6-7-13)20-17(22)10-12-4-2-1-3-5-12/h1-5,8-9,11,13H,6-7,10H2,(H,20,22)(H,21,23). The van der Waals surface area contributed by atoms with Crippen LogP contribution in [0, 0.1) is 11.7 Å². The van der Waals surface area contributed by atoms with Crippen molar-refractivity contribution in [1.82, 2.24) is 0 Å². The van der Waals surface area contributed by atoms with Crippen LogP contribution >= 0.6 is 0 Å². The molecule has 5 heteroatoms. The van der Waals surface area contributed by atoms with Crippen LogP contribution in [0.1, 0.15) is 18.4 Å². The summed E-state index contributed by atoms with van der Waals surface area (Å²) >= 11 is 0. The van der Waals surface area contributed by atoms with Gasteiger partial charge in [0, 0.05) is 11.6 Å². The van der Waals surface area contributed by atoms with Gasteiger partial charge in [-0.05, 0) is 36.6 Å². The number of rotatable bonds is 5. The van der Waals surface area contributed by atoms with E-state index in [0.29, 0.717) is 5.69 Å². The summed E-state index contributed by atoms with van der Waals surface area (Å²) in [5.74, 6) is -0.885. The number of nitrogens with one attached hydrogen (secondary N) is 2. The first-order chi connectivity index (χ1) is 11.1. The second kappa shape index (κ2) is 6.60. The zero-order valence-electron chi connectivity index (χ0n) is 12.5. The molecule has 0 spiro atoms. The van der Waals surface area contributed by atoms with Gasteiger partial charge in [-0.2, -0.15) is 0 Å². The van der Waals surface area contributed by atoms with Crippen molar-refractivity contribution in [1.29, 1.82) is 0 Å². The summed E-state index contributed by atoms with van der Waals surface area (Å²) in [5, 5.41) is 5.29. The van der Waals surface area contributed by atoms with Crippen molar-refractivity contribution in [2.45, 2.75) is 19.3 Å². The zero-order valence-corrected chi connectivity index (χ0v) is 12.5. The van der Waals surface area contributed by atoms with Crippen LogP contribution in [0.25, 0.3) is 0 Å². The number of carbonyl (C=O) groups is 2. The van der Waals surface area contributed by atoms with Gasteiger partial charge in [-0.1, -0.05) is 30.3 Å². The van der Waals surface area contributed by atoms with Crippen LogP contribution in [0.3, 0.4) is 0 Å². The predicted molar refractivity (Wildman–Crippen MR) is 86.5 cm³/mol. The van der Waals surface area contributed by atoms with Gasteiger partial charge in [-0.15, -0.1) is 0 Å². The summed E-state index contributed by atoms with van der Waals surface area (Å²) < 4.78 is 13.8. The molecule has 0 bridgehead atoms. The van der Waals surface area contributed by atoms with E-state index in [9.17, 15) is 14.0 Å². The molecular weight excluding hydrogens is 295 g/mol. The fraction of sp³-hybridized carbons (Fsp3) is 0.222. The van der Waals surface area contributed by atoms with E-state index >= 15 is 0 Å². The molecule has 0 saturated heterocycles. The highest BCUT2D eigenvalue weighted by Crippen LogP contribution is 2.31. The molecule has 0 radical (unpaired) electrons. The Morgan fingerprint density at radius 3 is 2.48 bits per heavy atom. The summed E-state index contributed by atoms with van der Waals surface area (Å²) in [7, 11) is 0. The Balaban J connectivity index is 1.65. The molecule has 1 aliphatic rings. The van der Waals surface area contributed by atoms with E-state index in [-0.39, 0.29) is 29.8 Å². The van der Waals surface area contributed by atoms with Gasteiger partial charge in [0.2, 0.25) is 11.8 Å². The van der Waals surface area contributed by atoms with Gasteiger partial charge in [0.25, 0.3) is 0 Å². The smallest absolute Gasteiger partial charge is 0.228 e. The molecule has 0 atom stereocenters. The summed E-state index contributed by atoms with van der Waals surface area (Å²) in [6, 6.07) is 13.5. The van der Waals surface area contributed by atoms with Gasteiger partial charge < -0.3 is 10.6 Å². The van der Waals surface area contributed by atoms with Crippen molar-refractivity contribution < 1.29 is 14.0 Å². The molecule has 4 nitrogen and oxygen atoms in total. The lowest BCUT2D eigenvalue weighted by atomic mass is 10.1. The molecule has 118 valence electrons. The maximum atomic E-state index is 13.8. The Kier molecular flexibility index (Phi) is 4.37. The maximum Gasteiger partial charge on any atom is 0.228 e. The van der Waals surface area contributed by atoms with Gasteiger partial charge in [-0.3, -0.25) is 9.59 Å². The van der Waals surface area contributed by atoms with Crippen LogP contribution in [0.2, 0.25) is 0 Å². The average molecular weight is 312 g/mol. The number of hydrogen-bond acceptors (Lipinski definition) is 2. The Bertz CT molecular complexity index is 727. The van der Waals surface area contributed by atoms with Gasteiger partial charge in [0.15, 0.2) is 0 Å². The number of amides is 2. The third-order valence-corrected chi connectivity index (χ3v) is 3.66. The van der Waals surface area contributed by atoms with Gasteiger partial charge in [0.1, 0.15) is 5.82 Å². The van der Waals surface area contributed by atoms with Crippen LogP contribution in [-0.2, 0) is 16.0 Å². The van der Waals surface area contributed by atoms with E-state index in [2.05, 4.69) is 10.6 Å². The maximum absolute atomic E-state index is 13.8. The molecule has 0 heterocycles. The van der Waals surface area contributed by atoms with Crippen molar-refractivity contribution >= 4 is 23.2 Å². The largest absolute Gasteiger partial charge is 0.326 e. The molecule has 1 saturated carbocycles. The summed E-state index contributed by atoms with van der Waals surface area (Å²) in [6.07, 6.45) is 1.93. The van der Waals surface area contributed by atoms with E-state index < -0.39 is 5.82 Å². The molecule has 2 aromatic carbocycles. The molecule has 23 heavy (non-hydrogen) atoms. The second-order valence-electron chi connectivity index (χ2n) is 5.67. The molecule has 1 fully saturated rings. The Morgan fingerprint density at radius 2 is 1.78 bits per heavy atom. The predicted octanol–water partition coefficient (Wildman–Crippen LogP) is 3.36. The fourth-order valence-corrected chi connectivity index (χ4v) is 2.27. The molecule has 0 aromatic heterocycles. The molecule has 2 aromatic rings. The number of hydrogen-bond donors (Lipinski definition) is 2. The summed E-state index contributed by atoms with van der Waals surface area (Å²) in [5.41, 5.74) is 1.45. The Labute approximate surface area is 133 Å². The lowest BCUT2D eigenvalue weighted by Crippen LogP contribution is -2.16. The van der Waals surface area contributed by atoms with E-state index in [4.69, 9.17) is 0 Å². The van der Waals surface area contributed by atoms with Crippen molar-refractivity contribution in [3.63, 3.8) is 0 Å². The highest BCUT2D eigenvalue weighted by molar-refractivity contribution is 5.96. The second-order valence-corrected chi connectivity index (χ2v) is 5.67. The third-order valence-electron chi connectivity index (χ3n) is 3.66. The molecule has 3 rings (SSSR count). The molecule has 0 aliphatic heterocycles. The Hall–Kier alpha value is -2.69. The van der Waals surface area contributed by atoms with Gasteiger partial charge in [0.05, 0.1) is 12.1 Å². The first kappa shape index (κ1) is 15.2. The number of anilines is 2. The van der Waals surface area contributed by atoms with Crippen LogP contribution in [0.5, 0.6) is 0 Å². The fourth-order valence-electron chi connectivity index (χ4n) is 2.27. The minimum atomic E-state index is -0.514. The number of halogens is 1. The molecule has 1 aliphatic carbocycles. The molecular formula is C18H17FN2O2. The number of benzene rings is 2. The van der Waals surface area contributed by atoms with Crippen molar-refractivity contribution in [2.24, 2.45) is 5.92 Å². The van der Waals surface area contributed by atoms with Crippen LogP contribution in [0.4, 0.5) is 15.8 Å². The minimum Gasteiger partial charge on any atom is -0.326 e. The SMILES string of the molecule is O=C(Cc1ccccc1)Nc1ccc(F)c(NC(=O)C2CC2)c1. The third kappa shape index (κ3) is 4.16. The quantitative estimate of drug-likeness (QED) is 0.889. The first-order valence-corrected chi connectivity index (χ1v) is 7.56. The minimum absolute atomic E-state index is 0.00859. The van der Waals surface area contributed by atoms with Crippen LogP contribution in [0.15, 0.2) is 48.5 Å². The van der Waals surface area contributed by atoms with Crippen molar-refractivity contribution in [3.05, 3.63) is 59.9 Å². The highest BCUT2D eigenvalue weighted by Gasteiger charge is 2.30. The zero-order chi connectivity index (χ0) is 16.2. The van der Waals surface area contributed by atoms with Crippen molar-refractivity contribution in [2.75, 3.05) is 10.6 Å². The normalized spacial score (nSPS) is 13.4. The highest BCUT2D eigenvalue weighted by atomic mass is 19.1. The van der Waals surface area contributed by atoms with Crippen LogP contribution < -0.4 is 10.6 Å². The molecule has 0 unspecified atom stereocenters. The van der Waals surface area contributed by atoms with E-state index in [0.717, 1.165) is 18.4 Å². The summed E-state index contributed by atoms with van der Waals surface area (Å²) in [6.45, 7) is 0. The van der Waals surface area contributed by atoms with Crippen LogP contribution in [-0.4, -0.2) is 11.8 Å². The lowest BCUT2D eigenvalue weighted by molar-refractivity contribution is -0.117. The van der Waals surface area contributed by atoms with Crippen molar-refractivity contribution in [3.8, 4) is 0 Å². The summed E-state index contributed by atoms with van der Waals surface area (Å²) in [4.78, 5) is 23.8. The first-order valence-electron chi connectivity index (χ1n) is 7.56.